The van der Waals surface area contributed by atoms with Crippen LogP contribution in [0.3, 0.4) is 0 Å². The molecule has 0 spiro atoms. The fourth-order valence-electron chi connectivity index (χ4n) is 3.48. The monoisotopic (exact) mass is 367 g/mol. The van der Waals surface area contributed by atoms with Crippen molar-refractivity contribution in [2.45, 2.75) is 25.8 Å². The number of hydrogen-bond acceptors (Lipinski definition) is 3. The Kier molecular flexibility index (Phi) is 5.91. The number of piperidine rings is 1. The molecule has 1 saturated heterocycles. The van der Waals surface area contributed by atoms with E-state index in [4.69, 9.17) is 0 Å². The zero-order chi connectivity index (χ0) is 15.1. The van der Waals surface area contributed by atoms with Gasteiger partial charge in [0.05, 0.1) is 11.2 Å². The number of nitrogens with zero attached hydrogens (tertiary/aromatic N) is 5. The average molecular weight is 368 g/mol. The zero-order valence-corrected chi connectivity index (χ0v) is 15.6. The minimum Gasteiger partial charge on any atom is -0.344 e. The summed E-state index contributed by atoms with van der Waals surface area (Å²) in [5, 5.41) is 9.15. The Morgan fingerprint density at radius 2 is 1.71 bits per heavy atom. The van der Waals surface area contributed by atoms with Gasteiger partial charge >= 0.3 is 0 Å². The van der Waals surface area contributed by atoms with Crippen LogP contribution in [0.2, 0.25) is 0 Å². The van der Waals surface area contributed by atoms with Crippen LogP contribution in [0.1, 0.15) is 24.4 Å². The van der Waals surface area contributed by atoms with Crippen molar-refractivity contribution in [3.63, 3.8) is 0 Å². The van der Waals surface area contributed by atoms with E-state index in [1.165, 1.54) is 42.4 Å². The first-order valence-corrected chi connectivity index (χ1v) is 7.87. The first kappa shape index (κ1) is 18.8. The normalized spacial score (nSPS) is 15.9. The quantitative estimate of drug-likeness (QED) is 0.693. The first-order valence-electron chi connectivity index (χ1n) is 7.87. The molecule has 0 saturated carbocycles. The second-order valence-electron chi connectivity index (χ2n) is 6.32. The molecule has 7 heteroatoms. The SMILES string of the molecule is Cc1cn(C2CCN(C)CC2)c2cc(-n3cnnc3)ccc12.Cl.Cl. The standard InChI is InChI=1S/C17H21N5.2ClH/c1-13-10-22(14-5-7-20(2)8-6-14)17-9-15(3-4-16(13)17)21-11-18-19-12-21;;/h3-4,9-12,14H,5-8H2,1-2H3;2*1H. The molecule has 0 amide bonds. The van der Waals surface area contributed by atoms with Crippen LogP contribution in [0.25, 0.3) is 16.6 Å². The van der Waals surface area contributed by atoms with E-state index in [1.807, 2.05) is 4.57 Å². The van der Waals surface area contributed by atoms with Crippen molar-refractivity contribution in [1.82, 2.24) is 24.2 Å². The molecule has 3 heterocycles. The lowest BCUT2D eigenvalue weighted by Crippen LogP contribution is -2.31. The molecule has 5 nitrogen and oxygen atoms in total. The number of halogens is 2. The maximum Gasteiger partial charge on any atom is 0.123 e. The largest absolute Gasteiger partial charge is 0.344 e. The molecule has 1 aliphatic rings. The third-order valence-electron chi connectivity index (χ3n) is 4.82. The minimum atomic E-state index is 0. The van der Waals surface area contributed by atoms with Gasteiger partial charge in [-0.1, -0.05) is 6.07 Å². The lowest BCUT2D eigenvalue weighted by atomic mass is 10.1. The van der Waals surface area contributed by atoms with Crippen molar-refractivity contribution in [2.75, 3.05) is 20.1 Å². The van der Waals surface area contributed by atoms with E-state index in [9.17, 15) is 0 Å². The number of hydrogen-bond donors (Lipinski definition) is 0. The molecular formula is C17H23Cl2N5. The zero-order valence-electron chi connectivity index (χ0n) is 13.9. The smallest absolute Gasteiger partial charge is 0.123 e. The van der Waals surface area contributed by atoms with Crippen LogP contribution in [0.15, 0.2) is 37.1 Å². The van der Waals surface area contributed by atoms with Crippen LogP contribution in [0.5, 0.6) is 0 Å². The summed E-state index contributed by atoms with van der Waals surface area (Å²) in [6.07, 6.45) is 8.25. The van der Waals surface area contributed by atoms with Gasteiger partial charge in [-0.3, -0.25) is 4.57 Å². The van der Waals surface area contributed by atoms with Crippen LogP contribution in [-0.2, 0) is 0 Å². The topological polar surface area (TPSA) is 38.9 Å². The van der Waals surface area contributed by atoms with E-state index in [0.29, 0.717) is 6.04 Å². The molecule has 4 rings (SSSR count). The van der Waals surface area contributed by atoms with Crippen molar-refractivity contribution >= 4 is 35.7 Å². The number of aryl methyl sites for hydroxylation is 1. The van der Waals surface area contributed by atoms with Gasteiger partial charge in [-0.25, -0.2) is 0 Å². The lowest BCUT2D eigenvalue weighted by Gasteiger charge is -2.30. The number of fused-ring (bicyclic) bond motifs is 1. The van der Waals surface area contributed by atoms with E-state index >= 15 is 0 Å². The van der Waals surface area contributed by atoms with Crippen LogP contribution < -0.4 is 0 Å². The van der Waals surface area contributed by atoms with Gasteiger partial charge in [0.25, 0.3) is 0 Å². The van der Waals surface area contributed by atoms with Gasteiger partial charge in [0.15, 0.2) is 0 Å². The summed E-state index contributed by atoms with van der Waals surface area (Å²) in [6.45, 7) is 4.55. The Morgan fingerprint density at radius 1 is 1.04 bits per heavy atom. The van der Waals surface area contributed by atoms with E-state index in [1.54, 1.807) is 12.7 Å². The number of benzene rings is 1. The second kappa shape index (κ2) is 7.55. The van der Waals surface area contributed by atoms with Gasteiger partial charge in [-0.05, 0) is 57.6 Å². The average Bonchev–Trinajstić information content (AvgIpc) is 3.17. The Balaban J connectivity index is 0.00000104. The van der Waals surface area contributed by atoms with E-state index < -0.39 is 0 Å². The third kappa shape index (κ3) is 3.29. The minimum absolute atomic E-state index is 0. The molecule has 1 fully saturated rings. The van der Waals surface area contributed by atoms with Gasteiger partial charge in [-0.15, -0.1) is 35.0 Å². The Labute approximate surface area is 154 Å². The van der Waals surface area contributed by atoms with Crippen LogP contribution in [-0.4, -0.2) is 44.4 Å². The van der Waals surface area contributed by atoms with Gasteiger partial charge in [-0.2, -0.15) is 0 Å². The highest BCUT2D eigenvalue weighted by Crippen LogP contribution is 2.30. The van der Waals surface area contributed by atoms with Gasteiger partial charge in [0.1, 0.15) is 12.7 Å². The molecule has 0 radical (unpaired) electrons. The fourth-order valence-corrected chi connectivity index (χ4v) is 3.48. The molecule has 0 unspecified atom stereocenters. The molecule has 0 atom stereocenters. The fraction of sp³-hybridized carbons (Fsp3) is 0.412. The van der Waals surface area contributed by atoms with Crippen molar-refractivity contribution in [3.05, 3.63) is 42.6 Å². The number of likely N-dealkylation sites (tertiary alicyclic amines) is 1. The Morgan fingerprint density at radius 3 is 2.38 bits per heavy atom. The maximum atomic E-state index is 3.91. The molecule has 0 bridgehead atoms. The van der Waals surface area contributed by atoms with E-state index in [-0.39, 0.29) is 24.8 Å². The predicted octanol–water partition coefficient (Wildman–Crippen LogP) is 3.64. The summed E-state index contributed by atoms with van der Waals surface area (Å²) in [4.78, 5) is 2.41. The third-order valence-corrected chi connectivity index (χ3v) is 4.82. The van der Waals surface area contributed by atoms with E-state index in [2.05, 4.69) is 58.0 Å². The van der Waals surface area contributed by atoms with Crippen molar-refractivity contribution in [3.8, 4) is 5.69 Å². The van der Waals surface area contributed by atoms with Crippen LogP contribution in [0, 0.1) is 6.92 Å². The Bertz CT molecular complexity index is 789. The summed E-state index contributed by atoms with van der Waals surface area (Å²) in [5.74, 6) is 0. The molecule has 24 heavy (non-hydrogen) atoms. The molecule has 130 valence electrons. The van der Waals surface area contributed by atoms with Crippen LogP contribution >= 0.6 is 24.8 Å². The molecule has 3 aromatic rings. The molecule has 0 aliphatic carbocycles. The van der Waals surface area contributed by atoms with Crippen molar-refractivity contribution in [1.29, 1.82) is 0 Å². The van der Waals surface area contributed by atoms with Gasteiger partial charge < -0.3 is 9.47 Å². The molecule has 1 aromatic carbocycles. The second-order valence-corrected chi connectivity index (χ2v) is 6.32. The molecule has 0 N–H and O–H groups in total. The lowest BCUT2D eigenvalue weighted by molar-refractivity contribution is 0.224. The summed E-state index contributed by atoms with van der Waals surface area (Å²) in [5.41, 5.74) is 3.78. The highest BCUT2D eigenvalue weighted by Gasteiger charge is 2.20. The summed E-state index contributed by atoms with van der Waals surface area (Å²) in [7, 11) is 2.21. The molecule has 1 aliphatic heterocycles. The predicted molar refractivity (Wildman–Crippen MR) is 102 cm³/mol. The van der Waals surface area contributed by atoms with Crippen LogP contribution in [0.4, 0.5) is 0 Å². The maximum absolute atomic E-state index is 3.91. The van der Waals surface area contributed by atoms with Crippen molar-refractivity contribution in [2.24, 2.45) is 0 Å². The van der Waals surface area contributed by atoms with Gasteiger partial charge in [0, 0.05) is 17.6 Å². The summed E-state index contributed by atoms with van der Waals surface area (Å²) in [6, 6.07) is 7.20. The molecular weight excluding hydrogens is 345 g/mol. The Hall–Kier alpha value is -1.56. The summed E-state index contributed by atoms with van der Waals surface area (Å²) < 4.78 is 4.44. The molecule has 2 aromatic heterocycles. The number of rotatable bonds is 2. The summed E-state index contributed by atoms with van der Waals surface area (Å²) >= 11 is 0. The van der Waals surface area contributed by atoms with Gasteiger partial charge in [0.2, 0.25) is 0 Å². The highest BCUT2D eigenvalue weighted by molar-refractivity contribution is 5.86. The van der Waals surface area contributed by atoms with Crippen molar-refractivity contribution < 1.29 is 0 Å². The van der Waals surface area contributed by atoms with E-state index in [0.717, 1.165) is 5.69 Å². The highest BCUT2D eigenvalue weighted by atomic mass is 35.5. The number of aromatic nitrogens is 4. The first-order chi connectivity index (χ1) is 10.7.